The molecule has 42 heavy (non-hydrogen) atoms. The summed E-state index contributed by atoms with van der Waals surface area (Å²) in [5.41, 5.74) is 0.0996. The van der Waals surface area contributed by atoms with Crippen molar-refractivity contribution in [2.45, 2.75) is 38.8 Å². The van der Waals surface area contributed by atoms with Crippen molar-refractivity contribution in [2.24, 2.45) is 0 Å². The molecule has 0 aliphatic carbocycles. The number of amides is 1. The standard InChI is InChI=1S/C27H23ClF3N7O4/c1-16-6-11-19(42-16)12-32-25(40)20-4-2-3-5-21(20)38-15-33-23(34-38)14-37-26(41)36(13-22(39)27(29,30)31)24(35-37)17-7-9-18(28)10-8-17/h2-11,15,22,39H,12-14H2,1H3,(H,32,40)/t22-/m0/s1. The first-order valence-electron chi connectivity index (χ1n) is 12.5. The molecule has 0 saturated heterocycles. The van der Waals surface area contributed by atoms with Crippen molar-refractivity contribution in [3.05, 3.63) is 105 Å². The van der Waals surface area contributed by atoms with Crippen molar-refractivity contribution in [1.82, 2.24) is 34.4 Å². The molecule has 0 radical (unpaired) electrons. The number of para-hydroxylation sites is 1. The highest BCUT2D eigenvalue weighted by molar-refractivity contribution is 6.30. The number of benzene rings is 2. The minimum atomic E-state index is -4.95. The fourth-order valence-corrected chi connectivity index (χ4v) is 4.25. The lowest BCUT2D eigenvalue weighted by molar-refractivity contribution is -0.207. The first-order chi connectivity index (χ1) is 20.0. The molecule has 3 heterocycles. The highest BCUT2D eigenvalue weighted by Crippen LogP contribution is 2.24. The van der Waals surface area contributed by atoms with Crippen LogP contribution >= 0.6 is 11.6 Å². The maximum atomic E-state index is 13.1. The number of hydrogen-bond donors (Lipinski definition) is 2. The Bertz CT molecular complexity index is 1770. The molecule has 2 N–H and O–H groups in total. The molecule has 0 spiro atoms. The fourth-order valence-electron chi connectivity index (χ4n) is 4.13. The Labute approximate surface area is 240 Å². The van der Waals surface area contributed by atoms with Crippen molar-refractivity contribution in [2.75, 3.05) is 0 Å². The minimum Gasteiger partial charge on any atom is -0.465 e. The molecule has 0 saturated carbocycles. The van der Waals surface area contributed by atoms with Gasteiger partial charge in [0.25, 0.3) is 5.91 Å². The van der Waals surface area contributed by atoms with E-state index in [1.165, 1.54) is 35.3 Å². The topological polar surface area (TPSA) is 133 Å². The summed E-state index contributed by atoms with van der Waals surface area (Å²) >= 11 is 5.93. The molecule has 0 unspecified atom stereocenters. The lowest BCUT2D eigenvalue weighted by atomic mass is 10.1. The number of hydrogen-bond acceptors (Lipinski definition) is 7. The highest BCUT2D eigenvalue weighted by atomic mass is 35.5. The number of carbonyl (C=O) groups is 1. The van der Waals surface area contributed by atoms with Crippen LogP contribution in [0.1, 0.15) is 27.7 Å². The van der Waals surface area contributed by atoms with Gasteiger partial charge in [0.1, 0.15) is 24.4 Å². The minimum absolute atomic E-state index is 0.0991. The summed E-state index contributed by atoms with van der Waals surface area (Å²) in [7, 11) is 0. The Morgan fingerprint density at radius 1 is 1.10 bits per heavy atom. The predicted molar refractivity (Wildman–Crippen MR) is 144 cm³/mol. The first-order valence-corrected chi connectivity index (χ1v) is 12.9. The summed E-state index contributed by atoms with van der Waals surface area (Å²) in [5, 5.41) is 21.4. The monoisotopic (exact) mass is 601 g/mol. The van der Waals surface area contributed by atoms with Gasteiger partial charge in [0.2, 0.25) is 0 Å². The SMILES string of the molecule is Cc1ccc(CNC(=O)c2ccccc2-n2cnc(Cn3nc(-c4ccc(Cl)cc4)n(C[C@H](O)C(F)(F)F)c3=O)n2)o1. The lowest BCUT2D eigenvalue weighted by Gasteiger charge is -2.15. The molecule has 11 nitrogen and oxygen atoms in total. The van der Waals surface area contributed by atoms with Crippen molar-refractivity contribution in [1.29, 1.82) is 0 Å². The van der Waals surface area contributed by atoms with Crippen LogP contribution in [0.25, 0.3) is 17.1 Å². The summed E-state index contributed by atoms with van der Waals surface area (Å²) < 4.78 is 47.9. The van der Waals surface area contributed by atoms with Gasteiger partial charge >= 0.3 is 11.9 Å². The number of aliphatic hydroxyl groups excluding tert-OH is 1. The molecular weight excluding hydrogens is 579 g/mol. The third-order valence-electron chi connectivity index (χ3n) is 6.20. The number of nitrogens with zero attached hydrogens (tertiary/aromatic N) is 6. The van der Waals surface area contributed by atoms with Gasteiger partial charge in [0, 0.05) is 10.6 Å². The molecule has 5 aromatic rings. The fraction of sp³-hybridized carbons (Fsp3) is 0.222. The second kappa shape index (κ2) is 11.7. The molecular formula is C27H23ClF3N7O4. The van der Waals surface area contributed by atoms with Crippen molar-refractivity contribution < 1.29 is 27.5 Å². The molecule has 0 aliphatic heterocycles. The van der Waals surface area contributed by atoms with E-state index >= 15 is 0 Å². The van der Waals surface area contributed by atoms with Crippen LogP contribution in [0.15, 0.2) is 76.2 Å². The van der Waals surface area contributed by atoms with Crippen molar-refractivity contribution in [3.8, 4) is 17.1 Å². The van der Waals surface area contributed by atoms with E-state index < -0.39 is 24.5 Å². The molecule has 1 atom stereocenters. The Morgan fingerprint density at radius 2 is 1.83 bits per heavy atom. The lowest BCUT2D eigenvalue weighted by Crippen LogP contribution is -2.37. The highest BCUT2D eigenvalue weighted by Gasteiger charge is 2.39. The molecule has 3 aromatic heterocycles. The van der Waals surface area contributed by atoms with Gasteiger partial charge in [-0.1, -0.05) is 23.7 Å². The van der Waals surface area contributed by atoms with Crippen molar-refractivity contribution in [3.63, 3.8) is 0 Å². The van der Waals surface area contributed by atoms with Crippen LogP contribution < -0.4 is 11.0 Å². The third kappa shape index (κ3) is 6.29. The van der Waals surface area contributed by atoms with Gasteiger partial charge in [-0.3, -0.25) is 9.36 Å². The normalized spacial score (nSPS) is 12.4. The molecule has 0 aliphatic rings. The average molecular weight is 602 g/mol. The molecule has 218 valence electrons. The summed E-state index contributed by atoms with van der Waals surface area (Å²) in [4.78, 5) is 30.3. The second-order valence-electron chi connectivity index (χ2n) is 9.26. The van der Waals surface area contributed by atoms with Gasteiger partial charge in [0.05, 0.1) is 24.3 Å². The largest absolute Gasteiger partial charge is 0.465 e. The number of aryl methyl sites for hydroxylation is 1. The number of halogens is 4. The van der Waals surface area contributed by atoms with E-state index in [-0.39, 0.29) is 30.6 Å². The van der Waals surface area contributed by atoms with E-state index in [0.29, 0.717) is 27.6 Å². The number of carbonyl (C=O) groups excluding carboxylic acids is 1. The van der Waals surface area contributed by atoms with Gasteiger partial charge in [-0.25, -0.2) is 19.1 Å². The maximum absolute atomic E-state index is 13.1. The Hall–Kier alpha value is -4.69. The summed E-state index contributed by atoms with van der Waals surface area (Å²) in [5.74, 6) is 0.917. The number of aliphatic hydroxyl groups is 1. The zero-order chi connectivity index (χ0) is 30.0. The van der Waals surface area contributed by atoms with E-state index in [1.807, 2.05) is 0 Å². The van der Waals surface area contributed by atoms with E-state index in [2.05, 4.69) is 20.5 Å². The summed E-state index contributed by atoms with van der Waals surface area (Å²) in [6.45, 7) is 0.607. The number of aromatic nitrogens is 6. The van der Waals surface area contributed by atoms with Gasteiger partial charge in [-0.2, -0.15) is 13.2 Å². The number of alkyl halides is 3. The van der Waals surface area contributed by atoms with E-state index in [1.54, 1.807) is 43.3 Å². The van der Waals surface area contributed by atoms with Crippen LogP contribution in [-0.2, 0) is 19.6 Å². The molecule has 1 amide bonds. The van der Waals surface area contributed by atoms with Gasteiger partial charge in [-0.05, 0) is 55.5 Å². The third-order valence-corrected chi connectivity index (χ3v) is 6.46. The molecule has 2 aromatic carbocycles. The quantitative estimate of drug-likeness (QED) is 0.263. The predicted octanol–water partition coefficient (Wildman–Crippen LogP) is 3.75. The second-order valence-corrected chi connectivity index (χ2v) is 9.69. The zero-order valence-corrected chi connectivity index (χ0v) is 22.7. The number of rotatable bonds is 9. The Morgan fingerprint density at radius 3 is 2.52 bits per heavy atom. The smallest absolute Gasteiger partial charge is 0.416 e. The van der Waals surface area contributed by atoms with E-state index in [0.717, 1.165) is 15.0 Å². The van der Waals surface area contributed by atoms with E-state index in [9.17, 15) is 27.9 Å². The molecule has 15 heteroatoms. The van der Waals surface area contributed by atoms with Crippen LogP contribution in [0.5, 0.6) is 0 Å². The van der Waals surface area contributed by atoms with Gasteiger partial charge < -0.3 is 14.8 Å². The summed E-state index contributed by atoms with van der Waals surface area (Å²) in [6, 6.07) is 16.2. The Kier molecular flexibility index (Phi) is 8.00. The van der Waals surface area contributed by atoms with Crippen LogP contribution in [0.2, 0.25) is 5.02 Å². The maximum Gasteiger partial charge on any atom is 0.416 e. The molecule has 0 fully saturated rings. The van der Waals surface area contributed by atoms with Crippen molar-refractivity contribution >= 4 is 17.5 Å². The van der Waals surface area contributed by atoms with Gasteiger partial charge in [0.15, 0.2) is 17.8 Å². The molecule has 5 rings (SSSR count). The van der Waals surface area contributed by atoms with Crippen LogP contribution in [0, 0.1) is 6.92 Å². The molecule has 0 bridgehead atoms. The average Bonchev–Trinajstić information content (AvgIpc) is 3.67. The Balaban J connectivity index is 1.41. The van der Waals surface area contributed by atoms with Crippen LogP contribution in [-0.4, -0.2) is 52.4 Å². The first kappa shape index (κ1) is 28.8. The number of nitrogens with one attached hydrogen (secondary N) is 1. The van der Waals surface area contributed by atoms with Crippen LogP contribution in [0.4, 0.5) is 13.2 Å². The zero-order valence-electron chi connectivity index (χ0n) is 21.9. The van der Waals surface area contributed by atoms with Crippen LogP contribution in [0.3, 0.4) is 0 Å². The number of furan rings is 1. The van der Waals surface area contributed by atoms with Gasteiger partial charge in [-0.15, -0.1) is 10.2 Å². The summed E-state index contributed by atoms with van der Waals surface area (Å²) in [6.07, 6.45) is -6.40. The van der Waals surface area contributed by atoms with E-state index in [4.69, 9.17) is 16.0 Å².